The number of carbonyl (C=O) groups excluding carboxylic acids is 1. The molecular weight excluding hydrogens is 396 g/mol. The molecule has 9 nitrogen and oxygen atoms in total. The van der Waals surface area contributed by atoms with Crippen LogP contribution >= 0.6 is 0 Å². The third kappa shape index (κ3) is 4.88. The lowest BCUT2D eigenvalue weighted by Gasteiger charge is -2.33. The van der Waals surface area contributed by atoms with Crippen LogP contribution in [-0.4, -0.2) is 61.8 Å². The zero-order chi connectivity index (χ0) is 21.8. The first-order valence-corrected chi connectivity index (χ1v) is 10.5. The molecular formula is C22H26N6O3. The van der Waals surface area contributed by atoms with Crippen LogP contribution in [0, 0.1) is 6.92 Å². The molecule has 0 atom stereocenters. The molecule has 162 valence electrons. The fraction of sp³-hybridized carbons (Fsp3) is 0.409. The fourth-order valence-electron chi connectivity index (χ4n) is 3.54. The molecule has 0 unspecified atom stereocenters. The summed E-state index contributed by atoms with van der Waals surface area (Å²) in [6.45, 7) is 7.59. The van der Waals surface area contributed by atoms with Crippen molar-refractivity contribution in [2.24, 2.45) is 0 Å². The summed E-state index contributed by atoms with van der Waals surface area (Å²) in [6, 6.07) is 10.9. The molecule has 1 saturated heterocycles. The molecule has 4 rings (SSSR count). The Hall–Kier alpha value is -3.33. The Morgan fingerprint density at radius 1 is 1.06 bits per heavy atom. The Bertz CT molecular complexity index is 1100. The van der Waals surface area contributed by atoms with E-state index in [1.54, 1.807) is 4.90 Å². The number of aromatic nitrogens is 4. The SMILES string of the molecule is CCCn1nc(C(=O)N2CCN(Cc3nc(-c4ccc(C)cc4)no3)CC2)ccc1=O. The van der Waals surface area contributed by atoms with Gasteiger partial charge in [0.25, 0.3) is 11.5 Å². The minimum absolute atomic E-state index is 0.149. The van der Waals surface area contributed by atoms with Crippen molar-refractivity contribution >= 4 is 5.91 Å². The van der Waals surface area contributed by atoms with E-state index in [9.17, 15) is 9.59 Å². The van der Waals surface area contributed by atoms with Crippen molar-refractivity contribution in [1.82, 2.24) is 29.7 Å². The summed E-state index contributed by atoms with van der Waals surface area (Å²) >= 11 is 0. The van der Waals surface area contributed by atoms with Crippen LogP contribution in [0.1, 0.15) is 35.3 Å². The molecule has 1 amide bonds. The van der Waals surface area contributed by atoms with Gasteiger partial charge in [-0.2, -0.15) is 10.1 Å². The number of benzene rings is 1. The molecule has 0 spiro atoms. The smallest absolute Gasteiger partial charge is 0.274 e. The standard InChI is InChI=1S/C22H26N6O3/c1-3-10-28-20(29)9-8-18(24-28)22(30)27-13-11-26(12-14-27)15-19-23-21(25-31-19)17-6-4-16(2)5-7-17/h4-9H,3,10-15H2,1-2H3. The van der Waals surface area contributed by atoms with Crippen LogP contribution in [-0.2, 0) is 13.1 Å². The first-order valence-electron chi connectivity index (χ1n) is 10.5. The summed E-state index contributed by atoms with van der Waals surface area (Å²) in [5.74, 6) is 0.990. The van der Waals surface area contributed by atoms with Gasteiger partial charge >= 0.3 is 0 Å². The topological polar surface area (TPSA) is 97.4 Å². The van der Waals surface area contributed by atoms with Gasteiger partial charge in [0.2, 0.25) is 11.7 Å². The monoisotopic (exact) mass is 422 g/mol. The highest BCUT2D eigenvalue weighted by molar-refractivity contribution is 5.92. The van der Waals surface area contributed by atoms with Crippen LogP contribution in [0.25, 0.3) is 11.4 Å². The molecule has 2 aromatic heterocycles. The number of nitrogens with zero attached hydrogens (tertiary/aromatic N) is 6. The largest absolute Gasteiger partial charge is 0.338 e. The average Bonchev–Trinajstić information content (AvgIpc) is 3.24. The van der Waals surface area contributed by atoms with Crippen molar-refractivity contribution in [3.63, 3.8) is 0 Å². The number of hydrogen-bond donors (Lipinski definition) is 0. The predicted molar refractivity (Wildman–Crippen MR) is 114 cm³/mol. The number of piperazine rings is 1. The van der Waals surface area contributed by atoms with Crippen LogP contribution in [0.3, 0.4) is 0 Å². The molecule has 0 saturated carbocycles. The molecule has 0 bridgehead atoms. The van der Waals surface area contributed by atoms with Crippen LogP contribution in [0.15, 0.2) is 45.7 Å². The van der Waals surface area contributed by atoms with E-state index in [0.717, 1.165) is 12.0 Å². The summed E-state index contributed by atoms with van der Waals surface area (Å²) < 4.78 is 6.77. The maximum absolute atomic E-state index is 12.8. The molecule has 1 aliphatic rings. The Labute approximate surface area is 180 Å². The maximum atomic E-state index is 12.8. The molecule has 31 heavy (non-hydrogen) atoms. The molecule has 3 aromatic rings. The summed E-state index contributed by atoms with van der Waals surface area (Å²) in [5.41, 5.74) is 2.22. The van der Waals surface area contributed by atoms with Crippen LogP contribution in [0.4, 0.5) is 0 Å². The van der Waals surface area contributed by atoms with Gasteiger partial charge in [-0.25, -0.2) is 4.68 Å². The van der Waals surface area contributed by atoms with E-state index in [2.05, 4.69) is 20.1 Å². The van der Waals surface area contributed by atoms with Gasteiger partial charge in [0.1, 0.15) is 5.69 Å². The second-order valence-electron chi connectivity index (χ2n) is 7.73. The number of amides is 1. The Kier molecular flexibility index (Phi) is 6.22. The highest BCUT2D eigenvalue weighted by Gasteiger charge is 2.24. The average molecular weight is 422 g/mol. The number of aryl methyl sites for hydroxylation is 2. The lowest BCUT2D eigenvalue weighted by atomic mass is 10.1. The van der Waals surface area contributed by atoms with Crippen molar-refractivity contribution in [3.05, 3.63) is 63.9 Å². The summed E-state index contributed by atoms with van der Waals surface area (Å²) in [7, 11) is 0. The van der Waals surface area contributed by atoms with Gasteiger partial charge in [-0.05, 0) is 19.4 Å². The Balaban J connectivity index is 1.34. The highest BCUT2D eigenvalue weighted by atomic mass is 16.5. The zero-order valence-electron chi connectivity index (χ0n) is 17.8. The van der Waals surface area contributed by atoms with Crippen LogP contribution in [0.2, 0.25) is 0 Å². The normalized spacial score (nSPS) is 14.7. The summed E-state index contributed by atoms with van der Waals surface area (Å²) in [4.78, 5) is 33.1. The highest BCUT2D eigenvalue weighted by Crippen LogP contribution is 2.17. The van der Waals surface area contributed by atoms with E-state index in [4.69, 9.17) is 4.52 Å². The number of rotatable bonds is 6. The van der Waals surface area contributed by atoms with Gasteiger partial charge in [-0.1, -0.05) is 41.9 Å². The fourth-order valence-corrected chi connectivity index (χ4v) is 3.54. The molecule has 1 aromatic carbocycles. The lowest BCUT2D eigenvalue weighted by Crippen LogP contribution is -2.48. The summed E-state index contributed by atoms with van der Waals surface area (Å²) in [6.07, 6.45) is 0.782. The van der Waals surface area contributed by atoms with Crippen molar-refractivity contribution in [3.8, 4) is 11.4 Å². The number of carbonyl (C=O) groups is 1. The van der Waals surface area contributed by atoms with Gasteiger partial charge in [-0.15, -0.1) is 0 Å². The molecule has 3 heterocycles. The molecule has 1 fully saturated rings. The lowest BCUT2D eigenvalue weighted by molar-refractivity contribution is 0.0606. The summed E-state index contributed by atoms with van der Waals surface area (Å²) in [5, 5.41) is 8.31. The Morgan fingerprint density at radius 2 is 1.81 bits per heavy atom. The number of hydrogen-bond acceptors (Lipinski definition) is 7. The first kappa shape index (κ1) is 20.9. The minimum atomic E-state index is -0.187. The van der Waals surface area contributed by atoms with E-state index in [1.165, 1.54) is 22.4 Å². The molecule has 0 radical (unpaired) electrons. The van der Waals surface area contributed by atoms with Gasteiger partial charge in [0.05, 0.1) is 6.54 Å². The zero-order valence-corrected chi connectivity index (χ0v) is 17.8. The van der Waals surface area contributed by atoms with E-state index in [1.807, 2.05) is 38.1 Å². The third-order valence-corrected chi connectivity index (χ3v) is 5.32. The quantitative estimate of drug-likeness (QED) is 0.599. The maximum Gasteiger partial charge on any atom is 0.274 e. The van der Waals surface area contributed by atoms with Gasteiger partial charge in [0, 0.05) is 44.4 Å². The third-order valence-electron chi connectivity index (χ3n) is 5.32. The van der Waals surface area contributed by atoms with Crippen molar-refractivity contribution in [1.29, 1.82) is 0 Å². The second-order valence-corrected chi connectivity index (χ2v) is 7.73. The van der Waals surface area contributed by atoms with E-state index >= 15 is 0 Å². The van der Waals surface area contributed by atoms with E-state index in [-0.39, 0.29) is 11.5 Å². The molecule has 1 aliphatic heterocycles. The van der Waals surface area contributed by atoms with Crippen LogP contribution in [0.5, 0.6) is 0 Å². The van der Waals surface area contributed by atoms with E-state index in [0.29, 0.717) is 56.7 Å². The van der Waals surface area contributed by atoms with Crippen molar-refractivity contribution in [2.75, 3.05) is 26.2 Å². The molecule has 0 aliphatic carbocycles. The van der Waals surface area contributed by atoms with Crippen LogP contribution < -0.4 is 5.56 Å². The first-order chi connectivity index (χ1) is 15.0. The van der Waals surface area contributed by atoms with Gasteiger partial charge in [-0.3, -0.25) is 14.5 Å². The minimum Gasteiger partial charge on any atom is -0.338 e. The van der Waals surface area contributed by atoms with E-state index < -0.39 is 0 Å². The van der Waals surface area contributed by atoms with Crippen molar-refractivity contribution < 1.29 is 9.32 Å². The second kappa shape index (κ2) is 9.22. The predicted octanol–water partition coefficient (Wildman–Crippen LogP) is 1.97. The van der Waals surface area contributed by atoms with Gasteiger partial charge in [0.15, 0.2) is 0 Å². The van der Waals surface area contributed by atoms with Crippen molar-refractivity contribution in [2.45, 2.75) is 33.4 Å². The Morgan fingerprint density at radius 3 is 2.52 bits per heavy atom. The molecule has 0 N–H and O–H groups in total. The molecule has 9 heteroatoms. The van der Waals surface area contributed by atoms with Gasteiger partial charge < -0.3 is 9.42 Å².